The molecule has 3 heterocycles. The highest BCUT2D eigenvalue weighted by molar-refractivity contribution is 5.97. The normalized spacial score (nSPS) is 18.0. The lowest BCUT2D eigenvalue weighted by Gasteiger charge is -2.18. The average molecular weight is 345 g/mol. The Labute approximate surface area is 151 Å². The molecule has 1 aromatic heterocycles. The van der Waals surface area contributed by atoms with E-state index in [4.69, 9.17) is 4.74 Å². The minimum absolute atomic E-state index is 0.00145. The van der Waals surface area contributed by atoms with Crippen LogP contribution in [0.4, 0.5) is 0 Å². The summed E-state index contributed by atoms with van der Waals surface area (Å²) in [5.74, 6) is 1.83. The number of imidazole rings is 1. The van der Waals surface area contributed by atoms with E-state index in [-0.39, 0.29) is 12.0 Å². The highest BCUT2D eigenvalue weighted by Gasteiger charge is 2.21. The first-order chi connectivity index (χ1) is 12.7. The van der Waals surface area contributed by atoms with E-state index in [9.17, 15) is 4.79 Å². The molecule has 2 aliphatic heterocycles. The molecule has 3 aromatic rings. The van der Waals surface area contributed by atoms with Crippen molar-refractivity contribution in [2.45, 2.75) is 25.9 Å². The minimum atomic E-state index is -0.00145. The zero-order chi connectivity index (χ0) is 17.7. The number of nitrogens with one attached hydrogen (secondary N) is 1. The van der Waals surface area contributed by atoms with Gasteiger partial charge in [0.2, 0.25) is 0 Å². The molecule has 1 atom stereocenters. The van der Waals surface area contributed by atoms with Crippen LogP contribution in [0.1, 0.15) is 28.4 Å². The fourth-order valence-corrected chi connectivity index (χ4v) is 3.84. The standard InChI is InChI=1S/C21H19N3O2/c1-13-10-16-11-15(3-5-19(16)26-13)20-22-8-9-24(20)17-4-2-14-6-7-23-21(25)18(14)12-17/h2-5,8-9,11-13H,6-7,10H2,1H3,(H,23,25). The van der Waals surface area contributed by atoms with Crippen molar-refractivity contribution in [2.75, 3.05) is 6.54 Å². The number of hydrogen-bond acceptors (Lipinski definition) is 3. The molecule has 5 rings (SSSR count). The molecule has 0 saturated carbocycles. The molecule has 0 radical (unpaired) electrons. The van der Waals surface area contributed by atoms with Crippen molar-refractivity contribution in [1.29, 1.82) is 0 Å². The first-order valence-electron chi connectivity index (χ1n) is 8.94. The van der Waals surface area contributed by atoms with Crippen LogP contribution < -0.4 is 10.1 Å². The van der Waals surface area contributed by atoms with Gasteiger partial charge < -0.3 is 10.1 Å². The first kappa shape index (κ1) is 15.2. The van der Waals surface area contributed by atoms with E-state index in [0.29, 0.717) is 6.54 Å². The molecule has 0 aliphatic carbocycles. The van der Waals surface area contributed by atoms with Crippen molar-refractivity contribution in [1.82, 2.24) is 14.9 Å². The third-order valence-electron chi connectivity index (χ3n) is 5.09. The van der Waals surface area contributed by atoms with E-state index in [0.717, 1.165) is 46.8 Å². The van der Waals surface area contributed by atoms with Crippen molar-refractivity contribution < 1.29 is 9.53 Å². The van der Waals surface area contributed by atoms with Gasteiger partial charge in [-0.1, -0.05) is 6.07 Å². The molecule has 0 spiro atoms. The first-order valence-corrected chi connectivity index (χ1v) is 8.94. The van der Waals surface area contributed by atoms with Crippen LogP contribution >= 0.6 is 0 Å². The predicted octanol–water partition coefficient (Wildman–Crippen LogP) is 3.15. The van der Waals surface area contributed by atoms with Crippen LogP contribution in [0.25, 0.3) is 17.1 Å². The van der Waals surface area contributed by atoms with Crippen molar-refractivity contribution in [2.24, 2.45) is 0 Å². The van der Waals surface area contributed by atoms with Gasteiger partial charge in [0.15, 0.2) is 0 Å². The van der Waals surface area contributed by atoms with Gasteiger partial charge in [0.25, 0.3) is 5.91 Å². The molecule has 0 bridgehead atoms. The van der Waals surface area contributed by atoms with Crippen LogP contribution in [0.3, 0.4) is 0 Å². The minimum Gasteiger partial charge on any atom is -0.490 e. The number of ether oxygens (including phenoxy) is 1. The predicted molar refractivity (Wildman–Crippen MR) is 98.8 cm³/mol. The third-order valence-corrected chi connectivity index (χ3v) is 5.09. The second-order valence-corrected chi connectivity index (χ2v) is 6.92. The van der Waals surface area contributed by atoms with Crippen LogP contribution in [0.2, 0.25) is 0 Å². The Hall–Kier alpha value is -3.08. The van der Waals surface area contributed by atoms with Crippen LogP contribution in [0, 0.1) is 0 Å². The number of rotatable bonds is 2. The van der Waals surface area contributed by atoms with Crippen LogP contribution in [-0.2, 0) is 12.8 Å². The van der Waals surface area contributed by atoms with Gasteiger partial charge in [-0.15, -0.1) is 0 Å². The van der Waals surface area contributed by atoms with Gasteiger partial charge in [0.05, 0.1) is 0 Å². The Bertz CT molecular complexity index is 1020. The van der Waals surface area contributed by atoms with Gasteiger partial charge in [0, 0.05) is 42.2 Å². The highest BCUT2D eigenvalue weighted by atomic mass is 16.5. The molecule has 2 aromatic carbocycles. The molecular weight excluding hydrogens is 326 g/mol. The summed E-state index contributed by atoms with van der Waals surface area (Å²) < 4.78 is 7.83. The van der Waals surface area contributed by atoms with Gasteiger partial charge in [-0.25, -0.2) is 4.98 Å². The lowest BCUT2D eigenvalue weighted by molar-refractivity contribution is 0.0946. The molecule has 5 nitrogen and oxygen atoms in total. The molecule has 1 unspecified atom stereocenters. The summed E-state index contributed by atoms with van der Waals surface area (Å²) in [5, 5.41) is 2.91. The number of carbonyl (C=O) groups excluding carboxylic acids is 1. The van der Waals surface area contributed by atoms with E-state index in [1.165, 1.54) is 5.56 Å². The maximum Gasteiger partial charge on any atom is 0.251 e. The number of aromatic nitrogens is 2. The summed E-state index contributed by atoms with van der Waals surface area (Å²) in [5.41, 5.74) is 5.06. The fourth-order valence-electron chi connectivity index (χ4n) is 3.84. The Kier molecular flexibility index (Phi) is 3.35. The highest BCUT2D eigenvalue weighted by Crippen LogP contribution is 2.33. The molecule has 1 amide bonds. The zero-order valence-corrected chi connectivity index (χ0v) is 14.5. The van der Waals surface area contributed by atoms with E-state index >= 15 is 0 Å². The topological polar surface area (TPSA) is 56.2 Å². The Morgan fingerprint density at radius 2 is 2.12 bits per heavy atom. The van der Waals surface area contributed by atoms with Crippen LogP contribution in [-0.4, -0.2) is 28.1 Å². The van der Waals surface area contributed by atoms with Crippen LogP contribution in [0.15, 0.2) is 48.8 Å². The van der Waals surface area contributed by atoms with Gasteiger partial charge >= 0.3 is 0 Å². The second-order valence-electron chi connectivity index (χ2n) is 6.92. The third kappa shape index (κ3) is 2.39. The smallest absolute Gasteiger partial charge is 0.251 e. The average Bonchev–Trinajstić information content (AvgIpc) is 3.26. The lowest BCUT2D eigenvalue weighted by Crippen LogP contribution is -2.31. The van der Waals surface area contributed by atoms with Gasteiger partial charge in [-0.3, -0.25) is 9.36 Å². The summed E-state index contributed by atoms with van der Waals surface area (Å²) in [7, 11) is 0. The molecule has 1 N–H and O–H groups in total. The molecule has 2 aliphatic rings. The van der Waals surface area contributed by atoms with E-state index < -0.39 is 0 Å². The molecule has 0 fully saturated rings. The lowest BCUT2D eigenvalue weighted by atomic mass is 9.99. The van der Waals surface area contributed by atoms with Gasteiger partial charge in [-0.05, 0) is 54.8 Å². The summed E-state index contributed by atoms with van der Waals surface area (Å²) in [6.07, 6.45) is 5.74. The summed E-state index contributed by atoms with van der Waals surface area (Å²) in [6.45, 7) is 2.79. The molecular formula is C21H19N3O2. The van der Waals surface area contributed by atoms with Crippen molar-refractivity contribution in [3.8, 4) is 22.8 Å². The zero-order valence-electron chi connectivity index (χ0n) is 14.5. The van der Waals surface area contributed by atoms with E-state index in [1.807, 2.05) is 35.0 Å². The molecule has 0 saturated heterocycles. The Morgan fingerprint density at radius 3 is 3.04 bits per heavy atom. The quantitative estimate of drug-likeness (QED) is 0.776. The Morgan fingerprint density at radius 1 is 1.19 bits per heavy atom. The number of fused-ring (bicyclic) bond motifs is 2. The maximum atomic E-state index is 12.2. The largest absolute Gasteiger partial charge is 0.490 e. The van der Waals surface area contributed by atoms with Crippen LogP contribution in [0.5, 0.6) is 5.75 Å². The number of carbonyl (C=O) groups is 1. The number of nitrogens with zero attached hydrogens (tertiary/aromatic N) is 2. The molecule has 26 heavy (non-hydrogen) atoms. The maximum absolute atomic E-state index is 12.2. The molecule has 5 heteroatoms. The number of hydrogen-bond donors (Lipinski definition) is 1. The van der Waals surface area contributed by atoms with Crippen molar-refractivity contribution in [3.05, 3.63) is 65.5 Å². The second kappa shape index (κ2) is 5.73. The summed E-state index contributed by atoms with van der Waals surface area (Å²) in [4.78, 5) is 16.7. The Balaban J connectivity index is 1.58. The number of benzene rings is 2. The monoisotopic (exact) mass is 345 g/mol. The van der Waals surface area contributed by atoms with E-state index in [1.54, 1.807) is 6.20 Å². The van der Waals surface area contributed by atoms with Gasteiger partial charge in [-0.2, -0.15) is 0 Å². The van der Waals surface area contributed by atoms with Gasteiger partial charge in [0.1, 0.15) is 17.7 Å². The SMILES string of the molecule is CC1Cc2cc(-c3nccn3-c3ccc4c(c3)C(=O)NCC4)ccc2O1. The fraction of sp³-hybridized carbons (Fsp3) is 0.238. The van der Waals surface area contributed by atoms with Crippen molar-refractivity contribution in [3.63, 3.8) is 0 Å². The molecule has 130 valence electrons. The summed E-state index contributed by atoms with van der Waals surface area (Å²) in [6, 6.07) is 12.3. The summed E-state index contributed by atoms with van der Waals surface area (Å²) >= 11 is 0. The van der Waals surface area contributed by atoms with E-state index in [2.05, 4.69) is 29.4 Å². The number of amides is 1. The van der Waals surface area contributed by atoms with Crippen molar-refractivity contribution >= 4 is 5.91 Å².